The highest BCUT2D eigenvalue weighted by Gasteiger charge is 2.30. The fraction of sp³-hybridized carbons (Fsp3) is 0.458. The maximum atomic E-state index is 12.0. The summed E-state index contributed by atoms with van der Waals surface area (Å²) in [6.07, 6.45) is 1.12. The molecule has 4 nitrogen and oxygen atoms in total. The Balaban J connectivity index is 1.32. The minimum Gasteiger partial charge on any atom is -0.369 e. The molecule has 0 spiro atoms. The van der Waals surface area contributed by atoms with Crippen molar-refractivity contribution >= 4 is 17.3 Å². The van der Waals surface area contributed by atoms with E-state index < -0.39 is 0 Å². The minimum atomic E-state index is 0.150. The van der Waals surface area contributed by atoms with Gasteiger partial charge < -0.3 is 9.80 Å². The summed E-state index contributed by atoms with van der Waals surface area (Å²) in [4.78, 5) is 19.0. The number of piperazine rings is 1. The number of carbonyl (C=O) groups excluding carboxylic acids is 1. The Kier molecular flexibility index (Phi) is 5.40. The lowest BCUT2D eigenvalue weighted by Crippen LogP contribution is -2.46. The molecular formula is C24H31N3O. The highest BCUT2D eigenvalue weighted by Crippen LogP contribution is 2.38. The van der Waals surface area contributed by atoms with Gasteiger partial charge in [-0.2, -0.15) is 0 Å². The average molecular weight is 378 g/mol. The standard InChI is InChI=1S/C24H31N3O/c1-18-8-9-22(16-19(18)2)26-14-12-25(13-15-26)11-10-21-17-27(20(3)28)24-7-5-4-6-23(21)24/h4-9,16,21H,10-15,17H2,1-3H3. The highest BCUT2D eigenvalue weighted by molar-refractivity contribution is 5.94. The lowest BCUT2D eigenvalue weighted by Gasteiger charge is -2.36. The third kappa shape index (κ3) is 3.79. The number of anilines is 2. The van der Waals surface area contributed by atoms with Gasteiger partial charge >= 0.3 is 0 Å². The van der Waals surface area contributed by atoms with Crippen molar-refractivity contribution in [2.24, 2.45) is 0 Å². The summed E-state index contributed by atoms with van der Waals surface area (Å²) in [5.74, 6) is 0.606. The second kappa shape index (κ2) is 7.96. The summed E-state index contributed by atoms with van der Waals surface area (Å²) in [5, 5.41) is 0. The third-order valence-electron chi connectivity index (χ3n) is 6.47. The normalized spacial score (nSPS) is 19.8. The third-order valence-corrected chi connectivity index (χ3v) is 6.47. The lowest BCUT2D eigenvalue weighted by atomic mass is 9.97. The van der Waals surface area contributed by atoms with Crippen molar-refractivity contribution in [2.45, 2.75) is 33.1 Å². The molecule has 2 aliphatic heterocycles. The van der Waals surface area contributed by atoms with Crippen LogP contribution in [0, 0.1) is 13.8 Å². The van der Waals surface area contributed by atoms with Gasteiger partial charge in [-0.1, -0.05) is 24.3 Å². The molecule has 0 radical (unpaired) electrons. The molecule has 0 saturated carbocycles. The molecule has 2 aromatic carbocycles. The van der Waals surface area contributed by atoms with E-state index in [9.17, 15) is 4.79 Å². The molecule has 1 atom stereocenters. The summed E-state index contributed by atoms with van der Waals surface area (Å²) in [5.41, 5.74) is 6.53. The number of para-hydroxylation sites is 1. The summed E-state index contributed by atoms with van der Waals surface area (Å²) in [6.45, 7) is 12.4. The maximum absolute atomic E-state index is 12.0. The van der Waals surface area contributed by atoms with Crippen LogP contribution in [0.15, 0.2) is 42.5 Å². The number of rotatable bonds is 4. The number of nitrogens with zero attached hydrogens (tertiary/aromatic N) is 3. The van der Waals surface area contributed by atoms with E-state index in [2.05, 4.69) is 60.0 Å². The molecule has 2 aromatic rings. The molecule has 28 heavy (non-hydrogen) atoms. The molecule has 0 N–H and O–H groups in total. The Morgan fingerprint density at radius 1 is 1.00 bits per heavy atom. The van der Waals surface area contributed by atoms with E-state index in [0.29, 0.717) is 5.92 Å². The minimum absolute atomic E-state index is 0.150. The predicted octanol–water partition coefficient (Wildman–Crippen LogP) is 3.97. The molecule has 148 valence electrons. The first-order valence-corrected chi connectivity index (χ1v) is 10.4. The Bertz CT molecular complexity index is 855. The monoisotopic (exact) mass is 377 g/mol. The zero-order chi connectivity index (χ0) is 19.7. The summed E-state index contributed by atoms with van der Waals surface area (Å²) >= 11 is 0. The van der Waals surface area contributed by atoms with Crippen LogP contribution in [0.5, 0.6) is 0 Å². The average Bonchev–Trinajstić information content (AvgIpc) is 3.08. The van der Waals surface area contributed by atoms with Gasteiger partial charge in [0, 0.05) is 56.9 Å². The molecule has 1 unspecified atom stereocenters. The highest BCUT2D eigenvalue weighted by atomic mass is 16.2. The fourth-order valence-electron chi connectivity index (χ4n) is 4.53. The van der Waals surface area contributed by atoms with Gasteiger partial charge in [0.05, 0.1) is 0 Å². The van der Waals surface area contributed by atoms with Gasteiger partial charge in [0.15, 0.2) is 0 Å². The van der Waals surface area contributed by atoms with Crippen molar-refractivity contribution in [3.8, 4) is 0 Å². The van der Waals surface area contributed by atoms with Crippen LogP contribution in [0.2, 0.25) is 0 Å². The van der Waals surface area contributed by atoms with Gasteiger partial charge in [-0.3, -0.25) is 9.69 Å². The van der Waals surface area contributed by atoms with Gasteiger partial charge in [0.1, 0.15) is 0 Å². The number of aryl methyl sites for hydroxylation is 2. The van der Waals surface area contributed by atoms with Crippen molar-refractivity contribution in [1.29, 1.82) is 0 Å². The van der Waals surface area contributed by atoms with E-state index in [-0.39, 0.29) is 5.91 Å². The second-order valence-corrected chi connectivity index (χ2v) is 8.27. The van der Waals surface area contributed by atoms with Crippen LogP contribution >= 0.6 is 0 Å². The molecule has 1 amide bonds. The van der Waals surface area contributed by atoms with Gasteiger partial charge in [-0.25, -0.2) is 0 Å². The van der Waals surface area contributed by atoms with Crippen molar-refractivity contribution < 1.29 is 4.79 Å². The first-order chi connectivity index (χ1) is 13.5. The first-order valence-electron chi connectivity index (χ1n) is 10.4. The van der Waals surface area contributed by atoms with E-state index in [1.807, 2.05) is 11.0 Å². The van der Waals surface area contributed by atoms with Crippen molar-refractivity contribution in [3.63, 3.8) is 0 Å². The number of hydrogen-bond donors (Lipinski definition) is 0. The number of carbonyl (C=O) groups is 1. The lowest BCUT2D eigenvalue weighted by molar-refractivity contribution is -0.116. The molecule has 0 bridgehead atoms. The van der Waals surface area contributed by atoms with Gasteiger partial charge in [0.2, 0.25) is 5.91 Å². The fourth-order valence-corrected chi connectivity index (χ4v) is 4.53. The van der Waals surface area contributed by atoms with Crippen LogP contribution in [-0.4, -0.2) is 50.1 Å². The molecule has 4 heteroatoms. The van der Waals surface area contributed by atoms with Crippen LogP contribution < -0.4 is 9.80 Å². The molecule has 2 heterocycles. The summed E-state index contributed by atoms with van der Waals surface area (Å²) in [6, 6.07) is 15.2. The molecule has 1 fully saturated rings. The van der Waals surface area contributed by atoms with E-state index in [1.54, 1.807) is 6.92 Å². The zero-order valence-corrected chi connectivity index (χ0v) is 17.3. The number of fused-ring (bicyclic) bond motifs is 1. The molecular weight excluding hydrogens is 346 g/mol. The van der Waals surface area contributed by atoms with E-state index in [4.69, 9.17) is 0 Å². The Morgan fingerprint density at radius 2 is 1.75 bits per heavy atom. The van der Waals surface area contributed by atoms with Gasteiger partial charge in [-0.15, -0.1) is 0 Å². The summed E-state index contributed by atoms with van der Waals surface area (Å²) < 4.78 is 0. The maximum Gasteiger partial charge on any atom is 0.223 e. The topological polar surface area (TPSA) is 26.8 Å². The van der Waals surface area contributed by atoms with Gasteiger partial charge in [0.25, 0.3) is 0 Å². The Labute approximate surface area is 168 Å². The zero-order valence-electron chi connectivity index (χ0n) is 17.3. The Hall–Kier alpha value is -2.33. The summed E-state index contributed by atoms with van der Waals surface area (Å²) in [7, 11) is 0. The molecule has 1 saturated heterocycles. The number of benzene rings is 2. The number of amides is 1. The van der Waals surface area contributed by atoms with E-state index >= 15 is 0 Å². The molecule has 0 aromatic heterocycles. The number of hydrogen-bond acceptors (Lipinski definition) is 3. The van der Waals surface area contributed by atoms with Crippen molar-refractivity contribution in [1.82, 2.24) is 4.90 Å². The smallest absolute Gasteiger partial charge is 0.223 e. The van der Waals surface area contributed by atoms with E-state index in [1.165, 1.54) is 22.4 Å². The molecule has 0 aliphatic carbocycles. The SMILES string of the molecule is CC(=O)N1CC(CCN2CCN(c3ccc(C)c(C)c3)CC2)c2ccccc21. The predicted molar refractivity (Wildman–Crippen MR) is 116 cm³/mol. The van der Waals surface area contributed by atoms with Crippen LogP contribution in [-0.2, 0) is 4.79 Å². The van der Waals surface area contributed by atoms with E-state index in [0.717, 1.165) is 51.4 Å². The van der Waals surface area contributed by atoms with Crippen LogP contribution in [0.3, 0.4) is 0 Å². The molecule has 4 rings (SSSR count). The second-order valence-electron chi connectivity index (χ2n) is 8.27. The molecule has 2 aliphatic rings. The quantitative estimate of drug-likeness (QED) is 0.807. The van der Waals surface area contributed by atoms with Crippen molar-refractivity contribution in [3.05, 3.63) is 59.2 Å². The first kappa shape index (κ1) is 19.0. The largest absolute Gasteiger partial charge is 0.369 e. The Morgan fingerprint density at radius 3 is 2.46 bits per heavy atom. The van der Waals surface area contributed by atoms with Gasteiger partial charge in [-0.05, 0) is 61.7 Å². The van der Waals surface area contributed by atoms with Crippen molar-refractivity contribution in [2.75, 3.05) is 49.1 Å². The van der Waals surface area contributed by atoms with Crippen LogP contribution in [0.4, 0.5) is 11.4 Å². The van der Waals surface area contributed by atoms with Crippen LogP contribution in [0.25, 0.3) is 0 Å². The van der Waals surface area contributed by atoms with Crippen LogP contribution in [0.1, 0.15) is 36.0 Å².